The lowest BCUT2D eigenvalue weighted by Gasteiger charge is -2.39. The maximum Gasteiger partial charge on any atom is 0.242 e. The van der Waals surface area contributed by atoms with Gasteiger partial charge in [-0.15, -0.1) is 0 Å². The lowest BCUT2D eigenvalue weighted by Crippen LogP contribution is -2.58. The maximum atomic E-state index is 12.9. The predicted octanol–water partition coefficient (Wildman–Crippen LogP) is 1.26. The molecular weight excluding hydrogens is 276 g/mol. The van der Waals surface area contributed by atoms with Gasteiger partial charge in [-0.05, 0) is 43.5 Å². The molecule has 0 aliphatic carbocycles. The Morgan fingerprint density at radius 2 is 2.00 bits per heavy atom. The molecule has 5 heteroatoms. The first-order chi connectivity index (χ1) is 10.7. The van der Waals surface area contributed by atoms with Gasteiger partial charge < -0.3 is 10.2 Å². The zero-order chi connectivity index (χ0) is 15.4. The summed E-state index contributed by atoms with van der Waals surface area (Å²) >= 11 is 0. The molecule has 1 amide bonds. The Labute approximate surface area is 132 Å². The number of rotatable bonds is 4. The summed E-state index contributed by atoms with van der Waals surface area (Å²) in [5.74, 6) is 0.316. The van der Waals surface area contributed by atoms with Gasteiger partial charge in [0.15, 0.2) is 0 Å². The fourth-order valence-electron chi connectivity index (χ4n) is 3.60. The van der Waals surface area contributed by atoms with Crippen molar-refractivity contribution in [3.63, 3.8) is 0 Å². The quantitative estimate of drug-likeness (QED) is 0.909. The standard InChI is InChI=1S/C17H26N4O/c1-2-17(6-3-7-19-17)16(22)21-12-10-20(11-13-21)14-15-4-8-18-9-5-15/h4-5,8-9,19H,2-3,6-7,10-14H2,1H3. The van der Waals surface area contributed by atoms with Crippen molar-refractivity contribution in [3.05, 3.63) is 30.1 Å². The van der Waals surface area contributed by atoms with E-state index < -0.39 is 0 Å². The van der Waals surface area contributed by atoms with Crippen LogP contribution in [-0.4, -0.2) is 59.0 Å². The molecule has 0 radical (unpaired) electrons. The summed E-state index contributed by atoms with van der Waals surface area (Å²) < 4.78 is 0. The Morgan fingerprint density at radius 3 is 2.59 bits per heavy atom. The molecule has 3 rings (SSSR count). The monoisotopic (exact) mass is 302 g/mol. The number of piperazine rings is 1. The summed E-state index contributed by atoms with van der Waals surface area (Å²) in [4.78, 5) is 21.4. The minimum atomic E-state index is -0.284. The van der Waals surface area contributed by atoms with Crippen LogP contribution >= 0.6 is 0 Å². The molecule has 5 nitrogen and oxygen atoms in total. The molecule has 0 spiro atoms. The predicted molar refractivity (Wildman–Crippen MR) is 86.4 cm³/mol. The average Bonchev–Trinajstić information content (AvgIpc) is 3.06. The van der Waals surface area contributed by atoms with Crippen LogP contribution in [0.4, 0.5) is 0 Å². The van der Waals surface area contributed by atoms with Gasteiger partial charge in [0.2, 0.25) is 5.91 Å². The largest absolute Gasteiger partial charge is 0.339 e. The van der Waals surface area contributed by atoms with Gasteiger partial charge >= 0.3 is 0 Å². The highest BCUT2D eigenvalue weighted by Gasteiger charge is 2.42. The maximum absolute atomic E-state index is 12.9. The van der Waals surface area contributed by atoms with E-state index in [0.717, 1.165) is 58.5 Å². The Bertz CT molecular complexity index is 491. The van der Waals surface area contributed by atoms with Crippen molar-refractivity contribution in [2.45, 2.75) is 38.3 Å². The number of pyridine rings is 1. The number of nitrogens with one attached hydrogen (secondary N) is 1. The van der Waals surface area contributed by atoms with Crippen LogP contribution in [0.2, 0.25) is 0 Å². The lowest BCUT2D eigenvalue weighted by atomic mass is 9.92. The van der Waals surface area contributed by atoms with Crippen molar-refractivity contribution < 1.29 is 4.79 Å². The third-order valence-corrected chi connectivity index (χ3v) is 5.07. The SMILES string of the molecule is CCC1(C(=O)N2CCN(Cc3ccncc3)CC2)CCCN1. The van der Waals surface area contributed by atoms with Crippen LogP contribution in [0.1, 0.15) is 31.7 Å². The molecule has 2 aliphatic rings. The van der Waals surface area contributed by atoms with Gasteiger partial charge in [-0.2, -0.15) is 0 Å². The van der Waals surface area contributed by atoms with Gasteiger partial charge in [-0.25, -0.2) is 0 Å². The summed E-state index contributed by atoms with van der Waals surface area (Å²) in [6, 6.07) is 4.12. The molecule has 1 atom stereocenters. The van der Waals surface area contributed by atoms with Crippen LogP contribution in [-0.2, 0) is 11.3 Å². The summed E-state index contributed by atoms with van der Waals surface area (Å²) in [6.07, 6.45) is 6.67. The van der Waals surface area contributed by atoms with E-state index >= 15 is 0 Å². The molecular formula is C17H26N4O. The highest BCUT2D eigenvalue weighted by atomic mass is 16.2. The Balaban J connectivity index is 1.54. The second-order valence-corrected chi connectivity index (χ2v) is 6.39. The molecule has 3 heterocycles. The zero-order valence-electron chi connectivity index (χ0n) is 13.4. The first-order valence-corrected chi connectivity index (χ1v) is 8.39. The van der Waals surface area contributed by atoms with E-state index in [1.165, 1.54) is 5.56 Å². The van der Waals surface area contributed by atoms with Gasteiger partial charge in [0, 0.05) is 45.1 Å². The third kappa shape index (κ3) is 3.15. The summed E-state index contributed by atoms with van der Waals surface area (Å²) in [6.45, 7) is 7.63. The Morgan fingerprint density at radius 1 is 1.27 bits per heavy atom. The minimum Gasteiger partial charge on any atom is -0.339 e. The van der Waals surface area contributed by atoms with E-state index in [2.05, 4.69) is 39.2 Å². The van der Waals surface area contributed by atoms with E-state index in [9.17, 15) is 4.79 Å². The average molecular weight is 302 g/mol. The Hall–Kier alpha value is -1.46. The molecule has 1 N–H and O–H groups in total. The number of nitrogens with zero attached hydrogens (tertiary/aromatic N) is 3. The van der Waals surface area contributed by atoms with Crippen LogP contribution < -0.4 is 5.32 Å². The molecule has 0 saturated carbocycles. The van der Waals surface area contributed by atoms with E-state index in [4.69, 9.17) is 0 Å². The van der Waals surface area contributed by atoms with E-state index in [1.807, 2.05) is 12.4 Å². The molecule has 120 valence electrons. The van der Waals surface area contributed by atoms with Gasteiger partial charge in [0.25, 0.3) is 0 Å². The fraction of sp³-hybridized carbons (Fsp3) is 0.647. The van der Waals surface area contributed by atoms with E-state index in [-0.39, 0.29) is 5.54 Å². The Kier molecular flexibility index (Phi) is 4.74. The van der Waals surface area contributed by atoms with Crippen LogP contribution in [0.3, 0.4) is 0 Å². The summed E-state index contributed by atoms with van der Waals surface area (Å²) in [7, 11) is 0. The lowest BCUT2D eigenvalue weighted by molar-refractivity contribution is -0.139. The topological polar surface area (TPSA) is 48.5 Å². The number of hydrogen-bond donors (Lipinski definition) is 1. The fourth-order valence-corrected chi connectivity index (χ4v) is 3.60. The number of amides is 1. The molecule has 1 aromatic heterocycles. The highest BCUT2D eigenvalue weighted by molar-refractivity contribution is 5.86. The summed E-state index contributed by atoms with van der Waals surface area (Å²) in [5.41, 5.74) is 1.00. The normalized spacial score (nSPS) is 26.3. The van der Waals surface area contributed by atoms with E-state index in [0.29, 0.717) is 5.91 Å². The van der Waals surface area contributed by atoms with Gasteiger partial charge in [0.1, 0.15) is 0 Å². The van der Waals surface area contributed by atoms with Crippen molar-refractivity contribution >= 4 is 5.91 Å². The second-order valence-electron chi connectivity index (χ2n) is 6.39. The van der Waals surface area contributed by atoms with Gasteiger partial charge in [-0.1, -0.05) is 6.92 Å². The smallest absolute Gasteiger partial charge is 0.242 e. The van der Waals surface area contributed by atoms with Crippen molar-refractivity contribution in [3.8, 4) is 0 Å². The third-order valence-electron chi connectivity index (χ3n) is 5.07. The van der Waals surface area contributed by atoms with Crippen molar-refractivity contribution in [1.82, 2.24) is 20.1 Å². The molecule has 2 aliphatic heterocycles. The second kappa shape index (κ2) is 6.75. The van der Waals surface area contributed by atoms with Crippen molar-refractivity contribution in [2.24, 2.45) is 0 Å². The zero-order valence-corrected chi connectivity index (χ0v) is 13.4. The number of carbonyl (C=O) groups is 1. The van der Waals surface area contributed by atoms with Crippen LogP contribution in [0, 0.1) is 0 Å². The first-order valence-electron chi connectivity index (χ1n) is 8.39. The molecule has 1 unspecified atom stereocenters. The molecule has 0 bridgehead atoms. The number of hydrogen-bond acceptors (Lipinski definition) is 4. The minimum absolute atomic E-state index is 0.284. The number of carbonyl (C=O) groups excluding carboxylic acids is 1. The number of aromatic nitrogens is 1. The van der Waals surface area contributed by atoms with E-state index in [1.54, 1.807) is 0 Å². The molecule has 0 aromatic carbocycles. The van der Waals surface area contributed by atoms with Gasteiger partial charge in [0.05, 0.1) is 5.54 Å². The summed E-state index contributed by atoms with van der Waals surface area (Å²) in [5, 5.41) is 3.46. The van der Waals surface area contributed by atoms with Gasteiger partial charge in [-0.3, -0.25) is 14.7 Å². The van der Waals surface area contributed by atoms with Crippen LogP contribution in [0.15, 0.2) is 24.5 Å². The first kappa shape index (κ1) is 15.4. The van der Waals surface area contributed by atoms with Crippen molar-refractivity contribution in [1.29, 1.82) is 0 Å². The highest BCUT2D eigenvalue weighted by Crippen LogP contribution is 2.26. The van der Waals surface area contributed by atoms with Crippen molar-refractivity contribution in [2.75, 3.05) is 32.7 Å². The van der Waals surface area contributed by atoms with Crippen LogP contribution in [0.25, 0.3) is 0 Å². The molecule has 2 saturated heterocycles. The molecule has 1 aromatic rings. The van der Waals surface area contributed by atoms with Crippen LogP contribution in [0.5, 0.6) is 0 Å². The molecule has 22 heavy (non-hydrogen) atoms. The molecule has 2 fully saturated rings.